The van der Waals surface area contributed by atoms with E-state index in [4.69, 9.17) is 9.60 Å². The van der Waals surface area contributed by atoms with Gasteiger partial charge in [0.15, 0.2) is 5.78 Å². The van der Waals surface area contributed by atoms with Crippen LogP contribution in [0.1, 0.15) is 53.9 Å². The first kappa shape index (κ1) is 12.2. The van der Waals surface area contributed by atoms with Crippen LogP contribution in [-0.4, -0.2) is 47.2 Å². The number of amides is 2. The second kappa shape index (κ2) is 8.45. The van der Waals surface area contributed by atoms with Gasteiger partial charge < -0.3 is 15.3 Å². The summed E-state index contributed by atoms with van der Waals surface area (Å²) >= 11 is 0. The molecule has 142 valence electrons. The van der Waals surface area contributed by atoms with Gasteiger partial charge in [-0.05, 0) is 23.4 Å². The van der Waals surface area contributed by atoms with Gasteiger partial charge in [-0.3, -0.25) is 14.4 Å². The summed E-state index contributed by atoms with van der Waals surface area (Å²) in [5.74, 6) is -6.75. The third kappa shape index (κ3) is 4.49. The largest absolute Gasteiger partial charge is 0.385 e. The van der Waals surface area contributed by atoms with Crippen LogP contribution in [0, 0.1) is 11.8 Å². The monoisotopic (exact) mass is 367 g/mol. The highest BCUT2D eigenvalue weighted by molar-refractivity contribution is 5.92. The predicted molar refractivity (Wildman–Crippen MR) is 98.3 cm³/mol. The van der Waals surface area contributed by atoms with E-state index < -0.39 is 60.8 Å². The molecule has 0 spiro atoms. The molecule has 0 saturated heterocycles. The molecule has 6 nitrogen and oxygen atoms in total. The highest BCUT2D eigenvalue weighted by Gasteiger charge is 2.32. The Labute approximate surface area is 164 Å². The lowest BCUT2D eigenvalue weighted by Gasteiger charge is -2.24. The van der Waals surface area contributed by atoms with Crippen LogP contribution >= 0.6 is 0 Å². The number of fused-ring (bicyclic) bond motifs is 1. The van der Waals surface area contributed by atoms with Crippen molar-refractivity contribution in [3.63, 3.8) is 0 Å². The minimum absolute atomic E-state index is 0.317. The van der Waals surface area contributed by atoms with Gasteiger partial charge >= 0.3 is 0 Å². The molecule has 6 heteroatoms. The standard InChI is InChI=1S/C20H28N2O4/c1-12(2)18(24)16(23)11-13(3)19(25)21-17-15-8-6-5-7-14(15)9-10-22(4)20(17)26/h5-8,12-13,17-18,24H,9-11H2,1-4H3,(H,21,25)/t13-,17+,18+/m1/s1/i9D2,10D2,13D,17D,18D. The van der Waals surface area contributed by atoms with E-state index in [1.165, 1.54) is 38.1 Å². The Bertz CT molecular complexity index is 981. The molecule has 1 heterocycles. The number of hydrogen-bond donors (Lipinski definition) is 2. The van der Waals surface area contributed by atoms with Crippen molar-refractivity contribution >= 4 is 17.6 Å². The van der Waals surface area contributed by atoms with Crippen LogP contribution < -0.4 is 5.32 Å². The molecular weight excluding hydrogens is 332 g/mol. The van der Waals surface area contributed by atoms with E-state index in [0.29, 0.717) is 4.90 Å². The second-order valence-electron chi connectivity index (χ2n) is 6.40. The second-order valence-corrected chi connectivity index (χ2v) is 6.40. The Morgan fingerprint density at radius 3 is 2.73 bits per heavy atom. The van der Waals surface area contributed by atoms with E-state index in [0.717, 1.165) is 14.0 Å². The van der Waals surface area contributed by atoms with Crippen LogP contribution in [-0.2, 0) is 20.8 Å². The number of Topliss-reactive ketones (excluding diaryl/α,β-unsaturated/α-hetero) is 1. The molecule has 2 rings (SSSR count). The maximum Gasteiger partial charge on any atom is 0.249 e. The van der Waals surface area contributed by atoms with Crippen LogP contribution in [0.25, 0.3) is 0 Å². The van der Waals surface area contributed by atoms with E-state index in [2.05, 4.69) is 5.32 Å². The maximum absolute atomic E-state index is 13.2. The van der Waals surface area contributed by atoms with Crippen molar-refractivity contribution in [1.82, 2.24) is 10.2 Å². The van der Waals surface area contributed by atoms with Crippen LogP contribution in [0.5, 0.6) is 0 Å². The summed E-state index contributed by atoms with van der Waals surface area (Å²) in [7, 11) is 0.966. The van der Waals surface area contributed by atoms with Gasteiger partial charge in [-0.15, -0.1) is 0 Å². The zero-order valence-electron chi connectivity index (χ0n) is 22.2. The topological polar surface area (TPSA) is 86.7 Å². The minimum Gasteiger partial charge on any atom is -0.385 e. The van der Waals surface area contributed by atoms with Gasteiger partial charge in [0.25, 0.3) is 0 Å². The Kier molecular flexibility index (Phi) is 3.97. The van der Waals surface area contributed by atoms with Crippen molar-refractivity contribution in [1.29, 1.82) is 0 Å². The van der Waals surface area contributed by atoms with E-state index in [1.54, 1.807) is 0 Å². The molecule has 1 aliphatic rings. The first-order valence-electron chi connectivity index (χ1n) is 11.7. The molecule has 0 aliphatic carbocycles. The van der Waals surface area contributed by atoms with Crippen LogP contribution in [0.3, 0.4) is 0 Å². The molecule has 2 amide bonds. The minimum atomic E-state index is -2.88. The summed E-state index contributed by atoms with van der Waals surface area (Å²) in [4.78, 5) is 39.0. The van der Waals surface area contributed by atoms with Gasteiger partial charge in [0.05, 0.1) is 2.74 Å². The number of carbonyl (C=O) groups is 3. The van der Waals surface area contributed by atoms with Crippen LogP contribution in [0.15, 0.2) is 24.3 Å². The molecule has 1 aromatic rings. The molecule has 0 bridgehead atoms. The molecule has 0 unspecified atom stereocenters. The molecule has 26 heavy (non-hydrogen) atoms. The van der Waals surface area contributed by atoms with E-state index in [-0.39, 0.29) is 11.1 Å². The molecule has 2 N–H and O–H groups in total. The third-order valence-corrected chi connectivity index (χ3v) is 3.96. The number of rotatable bonds is 6. The van der Waals surface area contributed by atoms with Gasteiger partial charge in [0.2, 0.25) is 11.8 Å². The third-order valence-electron chi connectivity index (χ3n) is 3.96. The lowest BCUT2D eigenvalue weighted by Crippen LogP contribution is -2.43. The molecule has 1 aliphatic heterocycles. The molecule has 3 atom stereocenters. The van der Waals surface area contributed by atoms with Gasteiger partial charge in [-0.2, -0.15) is 0 Å². The summed E-state index contributed by atoms with van der Waals surface area (Å²) in [6.45, 7) is 0.982. The zero-order chi connectivity index (χ0) is 25.8. The first-order valence-corrected chi connectivity index (χ1v) is 8.21. The summed E-state index contributed by atoms with van der Waals surface area (Å²) in [6, 6.07) is 2.51. The quantitative estimate of drug-likeness (QED) is 0.797. The van der Waals surface area contributed by atoms with Gasteiger partial charge in [0.1, 0.15) is 12.1 Å². The maximum atomic E-state index is 13.2. The molecule has 0 radical (unpaired) electrons. The van der Waals surface area contributed by atoms with Crippen molar-refractivity contribution in [2.75, 3.05) is 13.5 Å². The van der Waals surface area contributed by atoms with Crippen molar-refractivity contribution < 1.29 is 29.1 Å². The number of nitrogens with one attached hydrogen (secondary N) is 1. The van der Waals surface area contributed by atoms with Gasteiger partial charge in [-0.1, -0.05) is 45.0 Å². The Morgan fingerprint density at radius 1 is 1.42 bits per heavy atom. The molecule has 0 saturated carbocycles. The fourth-order valence-corrected chi connectivity index (χ4v) is 2.36. The first-order chi connectivity index (χ1) is 14.7. The van der Waals surface area contributed by atoms with Gasteiger partial charge in [0, 0.05) is 32.7 Å². The fraction of sp³-hybridized carbons (Fsp3) is 0.550. The summed E-state index contributed by atoms with van der Waals surface area (Å²) in [5, 5.41) is 12.2. The Balaban J connectivity index is 2.53. The number of aliphatic hydroxyl groups is 1. The SMILES string of the molecule is [2H]C1([2H])c2ccccc2[C@]([2H])(NC(=O)[C@]([2H])(C)CC(=O)[C@@]([2H])(O)C(C)C)C(=O)N(C)C1([2H])[2H]. The summed E-state index contributed by atoms with van der Waals surface area (Å²) in [6.07, 6.45) is -6.18. The lowest BCUT2D eigenvalue weighted by molar-refractivity contribution is -0.137. The van der Waals surface area contributed by atoms with E-state index >= 15 is 0 Å². The highest BCUT2D eigenvalue weighted by Crippen LogP contribution is 2.25. The summed E-state index contributed by atoms with van der Waals surface area (Å²) < 4.78 is 57.9. The lowest BCUT2D eigenvalue weighted by atomic mass is 9.94. The van der Waals surface area contributed by atoms with Crippen molar-refractivity contribution in [2.24, 2.45) is 11.8 Å². The smallest absolute Gasteiger partial charge is 0.249 e. The predicted octanol–water partition coefficient (Wildman–Crippen LogP) is 1.47. The fourth-order valence-electron chi connectivity index (χ4n) is 2.36. The molecule has 1 aromatic carbocycles. The average molecular weight is 367 g/mol. The van der Waals surface area contributed by atoms with E-state index in [9.17, 15) is 19.5 Å². The zero-order valence-corrected chi connectivity index (χ0v) is 15.2. The van der Waals surface area contributed by atoms with Gasteiger partial charge in [-0.25, -0.2) is 0 Å². The van der Waals surface area contributed by atoms with Crippen molar-refractivity contribution in [3.05, 3.63) is 35.4 Å². The number of carbonyl (C=O) groups excluding carboxylic acids is 3. The van der Waals surface area contributed by atoms with Crippen molar-refractivity contribution in [3.8, 4) is 0 Å². The number of benzene rings is 1. The average Bonchev–Trinajstić information content (AvgIpc) is 2.73. The number of ketones is 1. The molecule has 0 fully saturated rings. The number of nitrogens with zero attached hydrogens (tertiary/aromatic N) is 1. The number of aryl methyl sites for hydroxylation is 1. The Hall–Kier alpha value is -2.21. The Morgan fingerprint density at radius 2 is 2.08 bits per heavy atom. The normalized spacial score (nSPS) is 32.6. The highest BCUT2D eigenvalue weighted by atomic mass is 16.3. The number of likely N-dealkylation sites (N-methyl/N-ethyl adjacent to an activating group) is 1. The molecule has 0 aromatic heterocycles. The summed E-state index contributed by atoms with van der Waals surface area (Å²) in [5.41, 5.74) is -0.644. The molecular formula is C20H28N2O4. The van der Waals surface area contributed by atoms with E-state index in [1.807, 2.05) is 0 Å². The number of hydrogen-bond acceptors (Lipinski definition) is 4. The van der Waals surface area contributed by atoms with Crippen molar-refractivity contribution in [2.45, 2.75) is 45.7 Å². The van der Waals surface area contributed by atoms with Crippen LogP contribution in [0.2, 0.25) is 0 Å². The van der Waals surface area contributed by atoms with Crippen LogP contribution in [0.4, 0.5) is 0 Å².